The van der Waals surface area contributed by atoms with Gasteiger partial charge in [0, 0.05) is 29.5 Å². The first-order valence-corrected chi connectivity index (χ1v) is 8.51. The number of hydrogen-bond donors (Lipinski definition) is 1. The molecule has 25 heavy (non-hydrogen) atoms. The zero-order valence-electron chi connectivity index (χ0n) is 14.3. The van der Waals surface area contributed by atoms with Crippen molar-refractivity contribution >= 4 is 34.9 Å². The van der Waals surface area contributed by atoms with E-state index in [9.17, 15) is 9.59 Å². The molecule has 1 aliphatic rings. The van der Waals surface area contributed by atoms with Crippen molar-refractivity contribution in [3.8, 4) is 0 Å². The average molecular weight is 358 g/mol. The SMILES string of the molecule is Cc1ccc(N2CCN(CC(=O)Nc3cccc(Cl)c3C)C2=O)cc1. The third-order valence-corrected chi connectivity index (χ3v) is 4.73. The maximum absolute atomic E-state index is 12.6. The molecule has 1 aliphatic heterocycles. The number of nitrogens with one attached hydrogen (secondary N) is 1. The zero-order chi connectivity index (χ0) is 18.0. The lowest BCUT2D eigenvalue weighted by molar-refractivity contribution is -0.116. The van der Waals surface area contributed by atoms with Crippen LogP contribution >= 0.6 is 11.6 Å². The van der Waals surface area contributed by atoms with Crippen molar-refractivity contribution in [2.24, 2.45) is 0 Å². The van der Waals surface area contributed by atoms with Crippen LogP contribution in [0, 0.1) is 13.8 Å². The van der Waals surface area contributed by atoms with Gasteiger partial charge in [0.25, 0.3) is 0 Å². The molecule has 2 aromatic rings. The monoisotopic (exact) mass is 357 g/mol. The number of hydrogen-bond acceptors (Lipinski definition) is 2. The number of carbonyl (C=O) groups is 2. The lowest BCUT2D eigenvalue weighted by Crippen LogP contribution is -2.37. The number of nitrogens with zero attached hydrogens (tertiary/aromatic N) is 2. The fourth-order valence-electron chi connectivity index (χ4n) is 2.80. The highest BCUT2D eigenvalue weighted by Crippen LogP contribution is 2.23. The summed E-state index contributed by atoms with van der Waals surface area (Å²) in [7, 11) is 0. The van der Waals surface area contributed by atoms with Crippen LogP contribution in [-0.4, -0.2) is 36.5 Å². The van der Waals surface area contributed by atoms with Gasteiger partial charge in [-0.2, -0.15) is 0 Å². The summed E-state index contributed by atoms with van der Waals surface area (Å²) in [5.41, 5.74) is 3.47. The number of benzene rings is 2. The van der Waals surface area contributed by atoms with Crippen molar-refractivity contribution in [2.75, 3.05) is 29.9 Å². The number of urea groups is 1. The maximum Gasteiger partial charge on any atom is 0.325 e. The Kier molecular flexibility index (Phi) is 4.95. The Morgan fingerprint density at radius 3 is 2.56 bits per heavy atom. The molecule has 0 atom stereocenters. The van der Waals surface area contributed by atoms with E-state index in [2.05, 4.69) is 5.32 Å². The molecule has 1 N–H and O–H groups in total. The molecule has 0 unspecified atom stereocenters. The molecular weight excluding hydrogens is 338 g/mol. The van der Waals surface area contributed by atoms with Crippen LogP contribution in [-0.2, 0) is 4.79 Å². The van der Waals surface area contributed by atoms with Gasteiger partial charge in [-0.1, -0.05) is 35.4 Å². The van der Waals surface area contributed by atoms with Gasteiger partial charge in [0.2, 0.25) is 5.91 Å². The fraction of sp³-hybridized carbons (Fsp3) is 0.263. The molecule has 0 radical (unpaired) electrons. The van der Waals surface area contributed by atoms with Crippen LogP contribution in [0.15, 0.2) is 42.5 Å². The molecule has 1 saturated heterocycles. The predicted molar refractivity (Wildman–Crippen MR) is 100 cm³/mol. The van der Waals surface area contributed by atoms with Gasteiger partial charge < -0.3 is 10.2 Å². The van der Waals surface area contributed by atoms with Gasteiger partial charge in [-0.3, -0.25) is 9.69 Å². The third kappa shape index (κ3) is 3.77. The predicted octanol–water partition coefficient (Wildman–Crippen LogP) is 3.84. The standard InChI is InChI=1S/C19H20ClN3O2/c1-13-6-8-15(9-7-13)23-11-10-22(19(23)25)12-18(24)21-17-5-3-4-16(20)14(17)2/h3-9H,10-12H2,1-2H3,(H,21,24). The molecule has 130 valence electrons. The van der Waals surface area contributed by atoms with E-state index in [1.165, 1.54) is 0 Å². The van der Waals surface area contributed by atoms with Gasteiger partial charge >= 0.3 is 6.03 Å². The van der Waals surface area contributed by atoms with E-state index < -0.39 is 0 Å². The molecule has 0 spiro atoms. The Labute approximate surface area is 152 Å². The summed E-state index contributed by atoms with van der Waals surface area (Å²) in [5.74, 6) is -0.232. The Bertz CT molecular complexity index is 805. The second kappa shape index (κ2) is 7.15. The molecule has 0 saturated carbocycles. The van der Waals surface area contributed by atoms with Crippen molar-refractivity contribution in [2.45, 2.75) is 13.8 Å². The summed E-state index contributed by atoms with van der Waals surface area (Å²) in [5, 5.41) is 3.42. The highest BCUT2D eigenvalue weighted by molar-refractivity contribution is 6.31. The van der Waals surface area contributed by atoms with Crippen molar-refractivity contribution < 1.29 is 9.59 Å². The number of rotatable bonds is 4. The van der Waals surface area contributed by atoms with Crippen molar-refractivity contribution in [1.82, 2.24) is 4.90 Å². The Morgan fingerprint density at radius 1 is 1.12 bits per heavy atom. The van der Waals surface area contributed by atoms with Gasteiger partial charge in [-0.15, -0.1) is 0 Å². The summed E-state index contributed by atoms with van der Waals surface area (Å²) < 4.78 is 0. The first-order valence-electron chi connectivity index (χ1n) is 8.14. The average Bonchev–Trinajstić information content (AvgIpc) is 2.93. The molecule has 3 rings (SSSR count). The van der Waals surface area contributed by atoms with Gasteiger partial charge in [0.15, 0.2) is 0 Å². The number of aryl methyl sites for hydroxylation is 1. The van der Waals surface area contributed by atoms with Crippen LogP contribution in [0.25, 0.3) is 0 Å². The van der Waals surface area contributed by atoms with Crippen LogP contribution in [0.2, 0.25) is 5.02 Å². The molecule has 0 aromatic heterocycles. The summed E-state index contributed by atoms with van der Waals surface area (Å²) in [6, 6.07) is 13.0. The third-order valence-electron chi connectivity index (χ3n) is 4.32. The van der Waals surface area contributed by atoms with E-state index in [1.54, 1.807) is 28.0 Å². The van der Waals surface area contributed by atoms with Crippen molar-refractivity contribution in [3.05, 3.63) is 58.6 Å². The Balaban J connectivity index is 1.63. The number of amides is 3. The molecule has 6 heteroatoms. The number of carbonyl (C=O) groups excluding carboxylic acids is 2. The van der Waals surface area contributed by atoms with E-state index >= 15 is 0 Å². The van der Waals surface area contributed by atoms with Crippen molar-refractivity contribution in [1.29, 1.82) is 0 Å². The van der Waals surface area contributed by atoms with Crippen LogP contribution in [0.4, 0.5) is 16.2 Å². The minimum atomic E-state index is -0.232. The number of anilines is 2. The van der Waals surface area contributed by atoms with E-state index in [4.69, 9.17) is 11.6 Å². The minimum absolute atomic E-state index is 0.0210. The van der Waals surface area contributed by atoms with Gasteiger partial charge in [0.05, 0.1) is 0 Å². The van der Waals surface area contributed by atoms with Crippen LogP contribution in [0.3, 0.4) is 0 Å². The quantitative estimate of drug-likeness (QED) is 0.903. The van der Waals surface area contributed by atoms with E-state index in [0.29, 0.717) is 23.8 Å². The maximum atomic E-state index is 12.6. The molecule has 3 amide bonds. The molecule has 0 bridgehead atoms. The molecule has 5 nitrogen and oxygen atoms in total. The Hall–Kier alpha value is -2.53. The summed E-state index contributed by atoms with van der Waals surface area (Å²) in [6.07, 6.45) is 0. The first-order chi connectivity index (χ1) is 12.0. The molecule has 2 aromatic carbocycles. The van der Waals surface area contributed by atoms with Gasteiger partial charge in [-0.05, 0) is 43.7 Å². The number of halogens is 1. The largest absolute Gasteiger partial charge is 0.325 e. The summed E-state index contributed by atoms with van der Waals surface area (Å²) in [4.78, 5) is 28.1. The van der Waals surface area contributed by atoms with Crippen molar-refractivity contribution in [3.63, 3.8) is 0 Å². The highest BCUT2D eigenvalue weighted by atomic mass is 35.5. The second-order valence-electron chi connectivity index (χ2n) is 6.15. The van der Waals surface area contributed by atoms with Gasteiger partial charge in [0.1, 0.15) is 6.54 Å². The molecule has 1 fully saturated rings. The van der Waals surface area contributed by atoms with Crippen LogP contribution < -0.4 is 10.2 Å². The Morgan fingerprint density at radius 2 is 1.84 bits per heavy atom. The lowest BCUT2D eigenvalue weighted by atomic mass is 10.2. The van der Waals surface area contributed by atoms with Gasteiger partial charge in [-0.25, -0.2) is 4.79 Å². The lowest BCUT2D eigenvalue weighted by Gasteiger charge is -2.19. The molecule has 0 aliphatic carbocycles. The summed E-state index contributed by atoms with van der Waals surface area (Å²) in [6.45, 7) is 4.97. The fourth-order valence-corrected chi connectivity index (χ4v) is 2.97. The smallest absolute Gasteiger partial charge is 0.324 e. The normalized spacial score (nSPS) is 14.1. The minimum Gasteiger partial charge on any atom is -0.324 e. The topological polar surface area (TPSA) is 52.6 Å². The van der Waals surface area contributed by atoms with Crippen LogP contribution in [0.5, 0.6) is 0 Å². The zero-order valence-corrected chi connectivity index (χ0v) is 15.0. The highest BCUT2D eigenvalue weighted by Gasteiger charge is 2.30. The van der Waals surface area contributed by atoms with E-state index in [0.717, 1.165) is 16.8 Å². The molecular formula is C19H20ClN3O2. The molecule has 1 heterocycles. The van der Waals surface area contributed by atoms with E-state index in [1.807, 2.05) is 38.1 Å². The second-order valence-corrected chi connectivity index (χ2v) is 6.56. The first kappa shape index (κ1) is 17.3. The van der Waals surface area contributed by atoms with E-state index in [-0.39, 0.29) is 18.5 Å². The summed E-state index contributed by atoms with van der Waals surface area (Å²) >= 11 is 6.07. The van der Waals surface area contributed by atoms with Crippen LogP contribution in [0.1, 0.15) is 11.1 Å².